The Hall–Kier alpha value is -1.58. The van der Waals surface area contributed by atoms with Gasteiger partial charge in [-0.1, -0.05) is 26.2 Å². The summed E-state index contributed by atoms with van der Waals surface area (Å²) in [6.45, 7) is 2.86. The van der Waals surface area contributed by atoms with E-state index in [0.717, 1.165) is 24.8 Å². The molecule has 1 fully saturated rings. The van der Waals surface area contributed by atoms with E-state index < -0.39 is 5.82 Å². The quantitative estimate of drug-likeness (QED) is 0.886. The number of benzene rings is 1. The smallest absolute Gasteiger partial charge is 0.255 e. The molecule has 4 heteroatoms. The van der Waals surface area contributed by atoms with E-state index in [-0.39, 0.29) is 17.2 Å². The average Bonchev–Trinajstić information content (AvgIpc) is 2.45. The van der Waals surface area contributed by atoms with Gasteiger partial charge in [-0.05, 0) is 36.8 Å². The van der Waals surface area contributed by atoms with E-state index in [1.54, 1.807) is 0 Å². The van der Waals surface area contributed by atoms with Crippen LogP contribution in [0.5, 0.6) is 5.75 Å². The van der Waals surface area contributed by atoms with Crippen LogP contribution in [0.4, 0.5) is 4.39 Å². The van der Waals surface area contributed by atoms with Gasteiger partial charge >= 0.3 is 0 Å². The fourth-order valence-electron chi connectivity index (χ4n) is 2.87. The van der Waals surface area contributed by atoms with Crippen molar-refractivity contribution >= 4 is 5.91 Å². The standard InChI is InChI=1S/C16H22FNO2/c1-2-11-3-5-12(6-4-11)10-18-16(20)14-8-7-13(17)9-15(14)19/h7-9,11-12,19H,2-6,10H2,1H3,(H,18,20). The molecule has 0 bridgehead atoms. The Morgan fingerprint density at radius 3 is 2.55 bits per heavy atom. The summed E-state index contributed by atoms with van der Waals surface area (Å²) in [4.78, 5) is 11.9. The van der Waals surface area contributed by atoms with Gasteiger partial charge in [0.1, 0.15) is 11.6 Å². The fourth-order valence-corrected chi connectivity index (χ4v) is 2.87. The fraction of sp³-hybridized carbons (Fsp3) is 0.562. The molecule has 1 amide bonds. The molecule has 0 saturated heterocycles. The summed E-state index contributed by atoms with van der Waals surface area (Å²) in [6.07, 6.45) is 6.00. The van der Waals surface area contributed by atoms with Crippen molar-refractivity contribution < 1.29 is 14.3 Å². The summed E-state index contributed by atoms with van der Waals surface area (Å²) in [6, 6.07) is 3.45. The molecule has 1 aromatic carbocycles. The number of carbonyl (C=O) groups excluding carboxylic acids is 1. The molecule has 20 heavy (non-hydrogen) atoms. The predicted octanol–water partition coefficient (Wildman–Crippen LogP) is 3.48. The van der Waals surface area contributed by atoms with Crippen LogP contribution in [0.2, 0.25) is 0 Å². The Morgan fingerprint density at radius 2 is 1.95 bits per heavy atom. The second-order valence-electron chi connectivity index (χ2n) is 5.67. The molecule has 0 atom stereocenters. The number of carbonyl (C=O) groups is 1. The van der Waals surface area contributed by atoms with Crippen molar-refractivity contribution in [1.82, 2.24) is 5.32 Å². The van der Waals surface area contributed by atoms with Crippen LogP contribution in [0, 0.1) is 17.7 Å². The number of phenols is 1. The summed E-state index contributed by atoms with van der Waals surface area (Å²) < 4.78 is 12.9. The summed E-state index contributed by atoms with van der Waals surface area (Å²) in [5, 5.41) is 12.4. The SMILES string of the molecule is CCC1CCC(CNC(=O)c2ccc(F)cc2O)CC1. The lowest BCUT2D eigenvalue weighted by Crippen LogP contribution is -2.31. The molecule has 2 N–H and O–H groups in total. The maximum Gasteiger partial charge on any atom is 0.255 e. The molecule has 0 heterocycles. The first kappa shape index (κ1) is 14.8. The van der Waals surface area contributed by atoms with Gasteiger partial charge in [-0.15, -0.1) is 0 Å². The van der Waals surface area contributed by atoms with Crippen LogP contribution in [-0.2, 0) is 0 Å². The zero-order chi connectivity index (χ0) is 14.5. The third-order valence-electron chi connectivity index (χ3n) is 4.30. The molecule has 2 rings (SSSR count). The van der Waals surface area contributed by atoms with Gasteiger partial charge in [0.2, 0.25) is 0 Å². The highest BCUT2D eigenvalue weighted by Gasteiger charge is 2.21. The van der Waals surface area contributed by atoms with Gasteiger partial charge in [0.05, 0.1) is 5.56 Å². The molecule has 0 unspecified atom stereocenters. The molecule has 1 saturated carbocycles. The van der Waals surface area contributed by atoms with Gasteiger partial charge in [-0.25, -0.2) is 4.39 Å². The molecule has 3 nitrogen and oxygen atoms in total. The number of rotatable bonds is 4. The summed E-state index contributed by atoms with van der Waals surface area (Å²) in [7, 11) is 0. The van der Waals surface area contributed by atoms with Gasteiger partial charge in [-0.2, -0.15) is 0 Å². The average molecular weight is 279 g/mol. The van der Waals surface area contributed by atoms with Crippen molar-refractivity contribution in [3.63, 3.8) is 0 Å². The number of aromatic hydroxyl groups is 1. The van der Waals surface area contributed by atoms with E-state index >= 15 is 0 Å². The van der Waals surface area contributed by atoms with Crippen LogP contribution in [0.15, 0.2) is 18.2 Å². The van der Waals surface area contributed by atoms with Gasteiger partial charge in [0.15, 0.2) is 0 Å². The van der Waals surface area contributed by atoms with Crippen molar-refractivity contribution in [1.29, 1.82) is 0 Å². The van der Waals surface area contributed by atoms with Gasteiger partial charge in [0, 0.05) is 12.6 Å². The number of phenolic OH excluding ortho intramolecular Hbond substituents is 1. The minimum Gasteiger partial charge on any atom is -0.507 e. The Bertz CT molecular complexity index is 468. The molecule has 1 aliphatic carbocycles. The van der Waals surface area contributed by atoms with Crippen molar-refractivity contribution in [3.8, 4) is 5.75 Å². The van der Waals surface area contributed by atoms with Gasteiger partial charge in [0.25, 0.3) is 5.91 Å². The maximum absolute atomic E-state index is 12.9. The highest BCUT2D eigenvalue weighted by Crippen LogP contribution is 2.30. The normalized spacial score (nSPS) is 22.5. The first-order valence-corrected chi connectivity index (χ1v) is 7.36. The lowest BCUT2D eigenvalue weighted by Gasteiger charge is -2.27. The first-order chi connectivity index (χ1) is 9.60. The third-order valence-corrected chi connectivity index (χ3v) is 4.30. The Morgan fingerprint density at radius 1 is 1.30 bits per heavy atom. The number of hydrogen-bond acceptors (Lipinski definition) is 2. The van der Waals surface area contributed by atoms with Crippen molar-refractivity contribution in [2.24, 2.45) is 11.8 Å². The van der Waals surface area contributed by atoms with Crippen LogP contribution < -0.4 is 5.32 Å². The van der Waals surface area contributed by atoms with Gasteiger partial charge < -0.3 is 10.4 Å². The van der Waals surface area contributed by atoms with Crippen molar-refractivity contribution in [3.05, 3.63) is 29.6 Å². The number of halogens is 1. The second kappa shape index (κ2) is 6.73. The zero-order valence-corrected chi connectivity index (χ0v) is 11.9. The third kappa shape index (κ3) is 3.71. The second-order valence-corrected chi connectivity index (χ2v) is 5.67. The van der Waals surface area contributed by atoms with E-state index in [0.29, 0.717) is 12.5 Å². The van der Waals surface area contributed by atoms with E-state index in [1.807, 2.05) is 0 Å². The van der Waals surface area contributed by atoms with Crippen molar-refractivity contribution in [2.45, 2.75) is 39.0 Å². The lowest BCUT2D eigenvalue weighted by atomic mass is 9.81. The van der Waals surface area contributed by atoms with Crippen LogP contribution >= 0.6 is 0 Å². The number of hydrogen-bond donors (Lipinski definition) is 2. The van der Waals surface area contributed by atoms with E-state index in [2.05, 4.69) is 12.2 Å². The van der Waals surface area contributed by atoms with Crippen LogP contribution in [0.1, 0.15) is 49.4 Å². The van der Waals surface area contributed by atoms with Crippen LogP contribution in [-0.4, -0.2) is 17.6 Å². The molecule has 0 radical (unpaired) electrons. The van der Waals surface area contributed by atoms with E-state index in [9.17, 15) is 14.3 Å². The molecule has 0 spiro atoms. The Labute approximate surface area is 119 Å². The summed E-state index contributed by atoms with van der Waals surface area (Å²) in [5.74, 6) is 0.168. The minimum atomic E-state index is -0.545. The molecular formula is C16H22FNO2. The largest absolute Gasteiger partial charge is 0.507 e. The Balaban J connectivity index is 1.83. The maximum atomic E-state index is 12.9. The predicted molar refractivity (Wildman–Crippen MR) is 76.1 cm³/mol. The van der Waals surface area contributed by atoms with Crippen molar-refractivity contribution in [2.75, 3.05) is 6.54 Å². The van der Waals surface area contributed by atoms with Crippen LogP contribution in [0.3, 0.4) is 0 Å². The highest BCUT2D eigenvalue weighted by atomic mass is 19.1. The highest BCUT2D eigenvalue weighted by molar-refractivity contribution is 5.96. The number of amides is 1. The molecule has 1 aliphatic rings. The molecular weight excluding hydrogens is 257 g/mol. The first-order valence-electron chi connectivity index (χ1n) is 7.36. The van der Waals surface area contributed by atoms with E-state index in [4.69, 9.17) is 0 Å². The summed E-state index contributed by atoms with van der Waals surface area (Å²) in [5.41, 5.74) is 0.133. The molecule has 0 aliphatic heterocycles. The van der Waals surface area contributed by atoms with Crippen LogP contribution in [0.25, 0.3) is 0 Å². The minimum absolute atomic E-state index is 0.133. The zero-order valence-electron chi connectivity index (χ0n) is 11.9. The Kier molecular flexibility index (Phi) is 4.99. The van der Waals surface area contributed by atoms with E-state index in [1.165, 1.54) is 31.4 Å². The summed E-state index contributed by atoms with van der Waals surface area (Å²) >= 11 is 0. The lowest BCUT2D eigenvalue weighted by molar-refractivity contribution is 0.0938. The number of nitrogens with one attached hydrogen (secondary N) is 1. The molecule has 0 aromatic heterocycles. The molecule has 110 valence electrons. The molecule has 1 aromatic rings. The topological polar surface area (TPSA) is 49.3 Å². The monoisotopic (exact) mass is 279 g/mol. The van der Waals surface area contributed by atoms with Gasteiger partial charge in [-0.3, -0.25) is 4.79 Å².